The van der Waals surface area contributed by atoms with Gasteiger partial charge in [0, 0.05) is 24.5 Å². The number of hydrogen-bond acceptors (Lipinski definition) is 4. The van der Waals surface area contributed by atoms with Gasteiger partial charge in [-0.2, -0.15) is 0 Å². The molecule has 2 rings (SSSR count). The Hall–Kier alpha value is -2.43. The van der Waals surface area contributed by atoms with E-state index >= 15 is 0 Å². The molecule has 5 heteroatoms. The predicted molar refractivity (Wildman–Crippen MR) is 97.7 cm³/mol. The number of nitrogens with zero attached hydrogens (tertiary/aromatic N) is 3. The minimum absolute atomic E-state index is 0.147. The fourth-order valence-corrected chi connectivity index (χ4v) is 2.40. The minimum atomic E-state index is -0.147. The summed E-state index contributed by atoms with van der Waals surface area (Å²) in [5, 5.41) is 2.93. The first-order valence-electron chi connectivity index (χ1n) is 8.47. The quantitative estimate of drug-likeness (QED) is 0.842. The van der Waals surface area contributed by atoms with Gasteiger partial charge in [0.2, 0.25) is 5.95 Å². The third-order valence-corrected chi connectivity index (χ3v) is 3.71. The Bertz CT molecular complexity index is 670. The zero-order valence-corrected chi connectivity index (χ0v) is 14.9. The van der Waals surface area contributed by atoms with E-state index in [0.717, 1.165) is 24.3 Å². The van der Waals surface area contributed by atoms with Crippen LogP contribution in [0.3, 0.4) is 0 Å². The fraction of sp³-hybridized carbons (Fsp3) is 0.421. The predicted octanol–water partition coefficient (Wildman–Crippen LogP) is 3.72. The number of carbonyl (C=O) groups excluding carboxylic acids is 1. The number of anilines is 2. The van der Waals surface area contributed by atoms with E-state index in [2.05, 4.69) is 29.1 Å². The highest BCUT2D eigenvalue weighted by atomic mass is 16.1. The Labute approximate surface area is 144 Å². The summed E-state index contributed by atoms with van der Waals surface area (Å²) in [6.07, 6.45) is 0.952. The van der Waals surface area contributed by atoms with Crippen LogP contribution < -0.4 is 10.2 Å². The molecule has 1 heterocycles. The second-order valence-corrected chi connectivity index (χ2v) is 6.21. The Morgan fingerprint density at radius 3 is 2.54 bits per heavy atom. The van der Waals surface area contributed by atoms with Crippen molar-refractivity contribution in [3.05, 3.63) is 47.8 Å². The van der Waals surface area contributed by atoms with Crippen molar-refractivity contribution in [3.8, 4) is 0 Å². The molecule has 0 spiro atoms. The van der Waals surface area contributed by atoms with Crippen molar-refractivity contribution in [1.82, 2.24) is 15.3 Å². The number of hydrogen-bond donors (Lipinski definition) is 1. The number of benzene rings is 1. The molecule has 0 aliphatic rings. The second kappa shape index (κ2) is 8.43. The number of para-hydroxylation sites is 1. The van der Waals surface area contributed by atoms with Crippen LogP contribution in [0.15, 0.2) is 36.4 Å². The molecule has 0 bridgehead atoms. The van der Waals surface area contributed by atoms with Gasteiger partial charge >= 0.3 is 0 Å². The summed E-state index contributed by atoms with van der Waals surface area (Å²) in [5.74, 6) is 0.964. The zero-order valence-electron chi connectivity index (χ0n) is 14.9. The molecule has 0 unspecified atom stereocenters. The van der Waals surface area contributed by atoms with Gasteiger partial charge in [0.25, 0.3) is 5.91 Å². The van der Waals surface area contributed by atoms with Gasteiger partial charge in [-0.3, -0.25) is 4.79 Å². The monoisotopic (exact) mass is 326 g/mol. The van der Waals surface area contributed by atoms with Crippen molar-refractivity contribution in [1.29, 1.82) is 0 Å². The summed E-state index contributed by atoms with van der Waals surface area (Å²) in [6.45, 7) is 9.58. The van der Waals surface area contributed by atoms with Crippen molar-refractivity contribution in [2.75, 3.05) is 18.0 Å². The lowest BCUT2D eigenvalue weighted by atomic mass is 10.1. The normalized spacial score (nSPS) is 10.7. The van der Waals surface area contributed by atoms with E-state index in [4.69, 9.17) is 0 Å². The first-order valence-corrected chi connectivity index (χ1v) is 8.47. The van der Waals surface area contributed by atoms with E-state index in [-0.39, 0.29) is 5.91 Å². The number of aromatic nitrogens is 2. The molecule has 1 N–H and O–H groups in total. The van der Waals surface area contributed by atoms with Crippen LogP contribution in [-0.4, -0.2) is 29.0 Å². The number of rotatable bonds is 7. The van der Waals surface area contributed by atoms with Crippen molar-refractivity contribution in [2.45, 2.75) is 34.1 Å². The lowest BCUT2D eigenvalue weighted by Gasteiger charge is -2.21. The summed E-state index contributed by atoms with van der Waals surface area (Å²) < 4.78 is 0. The molecular formula is C19H26N4O. The van der Waals surface area contributed by atoms with Gasteiger partial charge < -0.3 is 10.2 Å². The topological polar surface area (TPSA) is 58.1 Å². The van der Waals surface area contributed by atoms with Crippen LogP contribution in [0, 0.1) is 12.8 Å². The van der Waals surface area contributed by atoms with Gasteiger partial charge in [0.05, 0.1) is 0 Å². The highest BCUT2D eigenvalue weighted by Crippen LogP contribution is 2.21. The molecular weight excluding hydrogens is 300 g/mol. The number of nitrogens with one attached hydrogen (secondary N) is 1. The highest BCUT2D eigenvalue weighted by Gasteiger charge is 2.15. The molecule has 1 aromatic heterocycles. The molecule has 0 saturated carbocycles. The first-order chi connectivity index (χ1) is 11.5. The van der Waals surface area contributed by atoms with Crippen LogP contribution in [0.5, 0.6) is 0 Å². The zero-order chi connectivity index (χ0) is 17.5. The van der Waals surface area contributed by atoms with E-state index in [1.807, 2.05) is 49.1 Å². The maximum atomic E-state index is 12.4. The summed E-state index contributed by atoms with van der Waals surface area (Å²) in [6, 6.07) is 11.7. The lowest BCUT2D eigenvalue weighted by molar-refractivity contribution is 0.0947. The number of aryl methyl sites for hydroxylation is 1. The molecule has 0 fully saturated rings. The van der Waals surface area contributed by atoms with Gasteiger partial charge in [0.15, 0.2) is 0 Å². The SMILES string of the molecule is CCN(c1ccccc1)c1nc(C)cc(C(=O)NCCC(C)C)n1. The van der Waals surface area contributed by atoms with E-state index in [1.165, 1.54) is 0 Å². The van der Waals surface area contributed by atoms with Gasteiger partial charge in [-0.25, -0.2) is 9.97 Å². The molecule has 5 nitrogen and oxygen atoms in total. The third kappa shape index (κ3) is 4.78. The molecule has 0 aliphatic heterocycles. The molecule has 0 aliphatic carbocycles. The summed E-state index contributed by atoms with van der Waals surface area (Å²) in [4.78, 5) is 23.3. The molecule has 24 heavy (non-hydrogen) atoms. The molecule has 2 aromatic rings. The molecule has 0 saturated heterocycles. The second-order valence-electron chi connectivity index (χ2n) is 6.21. The fourth-order valence-electron chi connectivity index (χ4n) is 2.40. The van der Waals surface area contributed by atoms with Crippen LogP contribution in [-0.2, 0) is 0 Å². The smallest absolute Gasteiger partial charge is 0.270 e. The molecule has 128 valence electrons. The molecule has 1 aromatic carbocycles. The van der Waals surface area contributed by atoms with Crippen LogP contribution in [0.4, 0.5) is 11.6 Å². The van der Waals surface area contributed by atoms with Gasteiger partial charge in [-0.05, 0) is 44.4 Å². The summed E-state index contributed by atoms with van der Waals surface area (Å²) >= 11 is 0. The van der Waals surface area contributed by atoms with Crippen molar-refractivity contribution >= 4 is 17.5 Å². The largest absolute Gasteiger partial charge is 0.351 e. The third-order valence-electron chi connectivity index (χ3n) is 3.71. The first kappa shape index (κ1) is 17.9. The van der Waals surface area contributed by atoms with Gasteiger partial charge in [-0.1, -0.05) is 32.0 Å². The van der Waals surface area contributed by atoms with Crippen molar-refractivity contribution < 1.29 is 4.79 Å². The number of amides is 1. The van der Waals surface area contributed by atoms with Crippen molar-refractivity contribution in [3.63, 3.8) is 0 Å². The minimum Gasteiger partial charge on any atom is -0.351 e. The Morgan fingerprint density at radius 2 is 1.92 bits per heavy atom. The standard InChI is InChI=1S/C19H26N4O/c1-5-23(16-9-7-6-8-10-16)19-21-15(4)13-17(22-19)18(24)20-12-11-14(2)3/h6-10,13-14H,5,11-12H2,1-4H3,(H,20,24). The lowest BCUT2D eigenvalue weighted by Crippen LogP contribution is -2.28. The molecule has 0 radical (unpaired) electrons. The maximum absolute atomic E-state index is 12.4. The van der Waals surface area contributed by atoms with Gasteiger partial charge in [-0.15, -0.1) is 0 Å². The van der Waals surface area contributed by atoms with Gasteiger partial charge in [0.1, 0.15) is 5.69 Å². The van der Waals surface area contributed by atoms with Crippen LogP contribution in [0.1, 0.15) is 43.4 Å². The van der Waals surface area contributed by atoms with Crippen LogP contribution in [0.25, 0.3) is 0 Å². The summed E-state index contributed by atoms with van der Waals surface area (Å²) in [7, 11) is 0. The average molecular weight is 326 g/mol. The maximum Gasteiger partial charge on any atom is 0.270 e. The van der Waals surface area contributed by atoms with E-state index < -0.39 is 0 Å². The van der Waals surface area contributed by atoms with E-state index in [1.54, 1.807) is 6.07 Å². The van der Waals surface area contributed by atoms with Crippen LogP contribution in [0.2, 0.25) is 0 Å². The van der Waals surface area contributed by atoms with E-state index in [9.17, 15) is 4.79 Å². The summed E-state index contributed by atoms with van der Waals surface area (Å²) in [5.41, 5.74) is 2.20. The molecule has 1 amide bonds. The Morgan fingerprint density at radius 1 is 1.21 bits per heavy atom. The van der Waals surface area contributed by atoms with Crippen LogP contribution >= 0.6 is 0 Å². The van der Waals surface area contributed by atoms with E-state index in [0.29, 0.717) is 24.1 Å². The van der Waals surface area contributed by atoms with Crippen molar-refractivity contribution in [2.24, 2.45) is 5.92 Å². The number of carbonyl (C=O) groups is 1. The highest BCUT2D eigenvalue weighted by molar-refractivity contribution is 5.92. The Kier molecular flexibility index (Phi) is 6.29. The average Bonchev–Trinajstić information content (AvgIpc) is 2.55. The Balaban J connectivity index is 2.22. The molecule has 0 atom stereocenters.